The number of imide groups is 2. The normalized spacial score (nSPS) is 19.3. The molecule has 1 aromatic rings. The van der Waals surface area contributed by atoms with Crippen LogP contribution in [0, 0.1) is 0 Å². The molecule has 0 atom stereocenters. The molecule has 0 bridgehead atoms. The van der Waals surface area contributed by atoms with Gasteiger partial charge in [-0.1, -0.05) is 30.9 Å². The molecule has 7 heteroatoms. The molecule has 128 valence electrons. The second-order valence-corrected chi connectivity index (χ2v) is 6.45. The van der Waals surface area contributed by atoms with Crippen molar-refractivity contribution in [1.29, 1.82) is 0 Å². The van der Waals surface area contributed by atoms with Gasteiger partial charge in [0.05, 0.1) is 6.54 Å². The average molecular weight is 351 g/mol. The van der Waals surface area contributed by atoms with Crippen LogP contribution in [0.4, 0.5) is 4.79 Å². The smallest absolute Gasteiger partial charge is 0.334 e. The summed E-state index contributed by atoms with van der Waals surface area (Å²) < 4.78 is 5.50. The molecule has 1 saturated carbocycles. The lowest BCUT2D eigenvalue weighted by molar-refractivity contribution is -0.144. The van der Waals surface area contributed by atoms with Crippen molar-refractivity contribution in [1.82, 2.24) is 9.80 Å². The number of carbonyl (C=O) groups is 3. The molecule has 0 spiro atoms. The fraction of sp³-hybridized carbons (Fsp3) is 0.471. The lowest BCUT2D eigenvalue weighted by atomic mass is 9.94. The first-order chi connectivity index (χ1) is 11.6. The molecule has 3 rings (SSSR count). The summed E-state index contributed by atoms with van der Waals surface area (Å²) in [7, 11) is 0. The third-order valence-corrected chi connectivity index (χ3v) is 4.67. The number of benzene rings is 1. The van der Waals surface area contributed by atoms with E-state index in [1.165, 1.54) is 0 Å². The van der Waals surface area contributed by atoms with E-state index in [9.17, 15) is 14.4 Å². The van der Waals surface area contributed by atoms with Crippen molar-refractivity contribution in [2.75, 3.05) is 13.2 Å². The molecule has 1 heterocycles. The number of nitrogens with zero attached hydrogens (tertiary/aromatic N) is 2. The Bertz CT molecular complexity index is 640. The topological polar surface area (TPSA) is 66.9 Å². The molecule has 0 aromatic heterocycles. The van der Waals surface area contributed by atoms with Gasteiger partial charge in [-0.3, -0.25) is 19.4 Å². The fourth-order valence-electron chi connectivity index (χ4n) is 3.17. The van der Waals surface area contributed by atoms with E-state index in [-0.39, 0.29) is 19.2 Å². The Morgan fingerprint density at radius 1 is 1.00 bits per heavy atom. The summed E-state index contributed by atoms with van der Waals surface area (Å²) in [5.74, 6) is -0.877. The first-order valence-electron chi connectivity index (χ1n) is 8.15. The van der Waals surface area contributed by atoms with Crippen molar-refractivity contribution in [3.05, 3.63) is 29.3 Å². The first-order valence-corrected chi connectivity index (χ1v) is 8.53. The molecular weight excluding hydrogens is 332 g/mol. The van der Waals surface area contributed by atoms with E-state index in [1.807, 2.05) is 0 Å². The number of halogens is 1. The number of hydrogen-bond donors (Lipinski definition) is 0. The van der Waals surface area contributed by atoms with Gasteiger partial charge in [0.1, 0.15) is 12.4 Å². The van der Waals surface area contributed by atoms with E-state index in [1.54, 1.807) is 24.3 Å². The van der Waals surface area contributed by atoms with Gasteiger partial charge in [-0.15, -0.1) is 0 Å². The highest BCUT2D eigenvalue weighted by Gasteiger charge is 2.47. The van der Waals surface area contributed by atoms with Crippen LogP contribution in [0.25, 0.3) is 0 Å². The van der Waals surface area contributed by atoms with E-state index >= 15 is 0 Å². The van der Waals surface area contributed by atoms with Crippen LogP contribution in [0.2, 0.25) is 5.02 Å². The van der Waals surface area contributed by atoms with Crippen molar-refractivity contribution >= 4 is 29.4 Å². The molecule has 6 nitrogen and oxygen atoms in total. The highest BCUT2D eigenvalue weighted by Crippen LogP contribution is 2.26. The summed E-state index contributed by atoms with van der Waals surface area (Å²) >= 11 is 5.80. The molecule has 24 heavy (non-hydrogen) atoms. The minimum Gasteiger partial charge on any atom is -0.492 e. The Labute approximate surface area is 145 Å². The van der Waals surface area contributed by atoms with Gasteiger partial charge >= 0.3 is 17.8 Å². The molecule has 0 unspecified atom stereocenters. The highest BCUT2D eigenvalue weighted by molar-refractivity contribution is 6.44. The zero-order chi connectivity index (χ0) is 17.1. The van der Waals surface area contributed by atoms with Gasteiger partial charge in [-0.2, -0.15) is 0 Å². The minimum atomic E-state index is -0.759. The molecule has 4 amide bonds. The summed E-state index contributed by atoms with van der Waals surface area (Å²) in [5.41, 5.74) is 0. The van der Waals surface area contributed by atoms with Crippen LogP contribution < -0.4 is 4.74 Å². The third-order valence-electron chi connectivity index (χ3n) is 4.42. The van der Waals surface area contributed by atoms with E-state index in [2.05, 4.69) is 0 Å². The molecule has 1 aliphatic heterocycles. The SMILES string of the molecule is O=C1C(=O)N(C2CCCCC2)C(=O)N1CCOc1ccc(Cl)cc1. The van der Waals surface area contributed by atoms with Gasteiger partial charge < -0.3 is 4.74 Å². The number of carbonyl (C=O) groups excluding carboxylic acids is 3. The van der Waals surface area contributed by atoms with Gasteiger partial charge in [0.15, 0.2) is 0 Å². The Morgan fingerprint density at radius 3 is 2.33 bits per heavy atom. The number of urea groups is 1. The van der Waals surface area contributed by atoms with Crippen molar-refractivity contribution in [2.45, 2.75) is 38.1 Å². The summed E-state index contributed by atoms with van der Waals surface area (Å²) in [6.45, 7) is 0.181. The van der Waals surface area contributed by atoms with Crippen molar-refractivity contribution in [2.24, 2.45) is 0 Å². The quantitative estimate of drug-likeness (QED) is 0.605. The van der Waals surface area contributed by atoms with Crippen LogP contribution in [-0.2, 0) is 9.59 Å². The Hall–Kier alpha value is -2.08. The van der Waals surface area contributed by atoms with Crippen LogP contribution >= 0.6 is 11.6 Å². The summed E-state index contributed by atoms with van der Waals surface area (Å²) in [6, 6.07) is 6.13. The molecule has 2 fully saturated rings. The van der Waals surface area contributed by atoms with Crippen molar-refractivity contribution in [3.63, 3.8) is 0 Å². The van der Waals surface area contributed by atoms with E-state index < -0.39 is 17.8 Å². The fourth-order valence-corrected chi connectivity index (χ4v) is 3.29. The number of ether oxygens (including phenoxy) is 1. The minimum absolute atomic E-state index is 0.0508. The average Bonchev–Trinajstić information content (AvgIpc) is 2.81. The zero-order valence-corrected chi connectivity index (χ0v) is 14.0. The number of amides is 4. The highest BCUT2D eigenvalue weighted by atomic mass is 35.5. The van der Waals surface area contributed by atoms with Crippen molar-refractivity contribution < 1.29 is 19.1 Å². The summed E-state index contributed by atoms with van der Waals surface area (Å²) in [6.07, 6.45) is 4.63. The lowest BCUT2D eigenvalue weighted by Crippen LogP contribution is -2.42. The van der Waals surface area contributed by atoms with Gasteiger partial charge in [-0.25, -0.2) is 4.79 Å². The first kappa shape index (κ1) is 16.8. The second kappa shape index (κ2) is 7.21. The van der Waals surface area contributed by atoms with Crippen LogP contribution in [0.1, 0.15) is 32.1 Å². The van der Waals surface area contributed by atoms with Crippen LogP contribution in [-0.4, -0.2) is 46.8 Å². The summed E-state index contributed by atoms with van der Waals surface area (Å²) in [5, 5.41) is 0.598. The maximum absolute atomic E-state index is 12.4. The third kappa shape index (κ3) is 3.38. The van der Waals surface area contributed by atoms with Gasteiger partial charge in [0.2, 0.25) is 0 Å². The van der Waals surface area contributed by atoms with E-state index in [0.717, 1.165) is 41.9 Å². The second-order valence-electron chi connectivity index (χ2n) is 6.01. The standard InChI is InChI=1S/C17H19ClN2O4/c18-12-6-8-14(9-7-12)24-11-10-19-15(21)16(22)20(17(19)23)13-4-2-1-3-5-13/h6-9,13H,1-5,10-11H2. The number of hydrogen-bond acceptors (Lipinski definition) is 4. The molecule has 0 N–H and O–H groups in total. The Balaban J connectivity index is 1.59. The predicted molar refractivity (Wildman–Crippen MR) is 87.8 cm³/mol. The molecular formula is C17H19ClN2O4. The zero-order valence-electron chi connectivity index (χ0n) is 13.2. The molecule has 1 saturated heterocycles. The van der Waals surface area contributed by atoms with Crippen LogP contribution in [0.5, 0.6) is 5.75 Å². The van der Waals surface area contributed by atoms with Crippen LogP contribution in [0.15, 0.2) is 24.3 Å². The maximum Gasteiger partial charge on any atom is 0.334 e. The predicted octanol–water partition coefficient (Wildman–Crippen LogP) is 2.84. The number of rotatable bonds is 5. The molecule has 2 aliphatic rings. The largest absolute Gasteiger partial charge is 0.492 e. The Morgan fingerprint density at radius 2 is 1.67 bits per heavy atom. The lowest BCUT2D eigenvalue weighted by Gasteiger charge is -2.28. The maximum atomic E-state index is 12.4. The Kier molecular flexibility index (Phi) is 5.04. The van der Waals surface area contributed by atoms with Gasteiger partial charge in [0.25, 0.3) is 0 Å². The van der Waals surface area contributed by atoms with Crippen molar-refractivity contribution in [3.8, 4) is 5.75 Å². The summed E-state index contributed by atoms with van der Waals surface area (Å²) in [4.78, 5) is 38.8. The molecule has 1 aliphatic carbocycles. The monoisotopic (exact) mass is 350 g/mol. The van der Waals surface area contributed by atoms with E-state index in [0.29, 0.717) is 10.8 Å². The van der Waals surface area contributed by atoms with E-state index in [4.69, 9.17) is 16.3 Å². The van der Waals surface area contributed by atoms with Gasteiger partial charge in [-0.05, 0) is 37.1 Å². The molecule has 0 radical (unpaired) electrons. The van der Waals surface area contributed by atoms with Crippen LogP contribution in [0.3, 0.4) is 0 Å². The van der Waals surface area contributed by atoms with Gasteiger partial charge in [0, 0.05) is 11.1 Å². The molecule has 1 aromatic carbocycles.